The van der Waals surface area contributed by atoms with E-state index < -0.39 is 0 Å². The third-order valence-corrected chi connectivity index (χ3v) is 5.17. The average molecular weight is 320 g/mol. The van der Waals surface area contributed by atoms with Crippen LogP contribution >= 0.6 is 0 Å². The van der Waals surface area contributed by atoms with Gasteiger partial charge in [0.05, 0.1) is 0 Å². The number of rotatable bonds is 6. The normalized spacial score (nSPS) is 18.0. The summed E-state index contributed by atoms with van der Waals surface area (Å²) < 4.78 is 13.4. The quantitative estimate of drug-likeness (QED) is 0.797. The number of hydrogen-bond donors (Lipinski definition) is 0. The van der Waals surface area contributed by atoms with Gasteiger partial charge in [-0.15, -0.1) is 0 Å². The summed E-state index contributed by atoms with van der Waals surface area (Å²) in [5.74, 6) is 0.156. The number of aryl methyl sites for hydroxylation is 1. The molecule has 0 radical (unpaired) electrons. The molecule has 2 atom stereocenters. The molecule has 3 nitrogen and oxygen atoms in total. The van der Waals surface area contributed by atoms with Crippen molar-refractivity contribution in [3.8, 4) is 0 Å². The molecular formula is C19H29FN2O. The highest BCUT2D eigenvalue weighted by atomic mass is 19.1. The molecule has 1 amide bonds. The Kier molecular flexibility index (Phi) is 6.17. The summed E-state index contributed by atoms with van der Waals surface area (Å²) in [6.45, 7) is 9.26. The van der Waals surface area contributed by atoms with Gasteiger partial charge in [0.1, 0.15) is 5.82 Å². The Balaban J connectivity index is 2.15. The molecular weight excluding hydrogens is 291 g/mol. The van der Waals surface area contributed by atoms with Crippen molar-refractivity contribution in [2.24, 2.45) is 5.92 Å². The van der Waals surface area contributed by atoms with Crippen LogP contribution in [-0.2, 0) is 0 Å². The van der Waals surface area contributed by atoms with Gasteiger partial charge >= 0.3 is 0 Å². The van der Waals surface area contributed by atoms with Crippen molar-refractivity contribution in [3.63, 3.8) is 0 Å². The van der Waals surface area contributed by atoms with Crippen LogP contribution < -0.4 is 0 Å². The predicted molar refractivity (Wildman–Crippen MR) is 92.1 cm³/mol. The zero-order valence-electron chi connectivity index (χ0n) is 14.8. The van der Waals surface area contributed by atoms with Gasteiger partial charge < -0.3 is 9.80 Å². The van der Waals surface area contributed by atoms with Crippen molar-refractivity contribution in [2.75, 3.05) is 26.7 Å². The maximum atomic E-state index is 13.4. The lowest BCUT2D eigenvalue weighted by Gasteiger charge is -2.35. The molecule has 2 rings (SSSR count). The van der Waals surface area contributed by atoms with Gasteiger partial charge in [-0.05, 0) is 62.5 Å². The van der Waals surface area contributed by atoms with E-state index in [4.69, 9.17) is 0 Å². The van der Waals surface area contributed by atoms with Crippen molar-refractivity contribution < 1.29 is 9.18 Å². The minimum atomic E-state index is -0.264. The monoisotopic (exact) mass is 320 g/mol. The molecule has 0 N–H and O–H groups in total. The summed E-state index contributed by atoms with van der Waals surface area (Å²) in [6.07, 6.45) is 3.54. The van der Waals surface area contributed by atoms with Crippen LogP contribution in [-0.4, -0.2) is 48.4 Å². The van der Waals surface area contributed by atoms with Gasteiger partial charge in [-0.1, -0.05) is 20.3 Å². The minimum Gasteiger partial charge on any atom is -0.337 e. The number of halogens is 1. The fraction of sp³-hybridized carbons (Fsp3) is 0.632. The molecule has 1 aromatic rings. The van der Waals surface area contributed by atoms with Crippen molar-refractivity contribution in [3.05, 3.63) is 35.1 Å². The van der Waals surface area contributed by atoms with E-state index in [2.05, 4.69) is 18.7 Å². The van der Waals surface area contributed by atoms with Crippen LogP contribution in [0, 0.1) is 18.7 Å². The molecule has 128 valence electrons. The van der Waals surface area contributed by atoms with Crippen molar-refractivity contribution in [2.45, 2.75) is 46.1 Å². The third-order valence-electron chi connectivity index (χ3n) is 5.17. The highest BCUT2D eigenvalue weighted by molar-refractivity contribution is 5.94. The van der Waals surface area contributed by atoms with Gasteiger partial charge in [-0.2, -0.15) is 0 Å². The number of likely N-dealkylation sites (N-methyl/N-ethyl adjacent to an activating group) is 1. The Morgan fingerprint density at radius 3 is 2.57 bits per heavy atom. The zero-order chi connectivity index (χ0) is 17.0. The molecule has 1 aromatic carbocycles. The molecule has 0 aromatic heterocycles. The second-order valence-electron chi connectivity index (χ2n) is 6.84. The van der Waals surface area contributed by atoms with E-state index in [0.717, 1.165) is 26.1 Å². The van der Waals surface area contributed by atoms with Crippen molar-refractivity contribution >= 4 is 5.91 Å². The fourth-order valence-electron chi connectivity index (χ4n) is 3.32. The van der Waals surface area contributed by atoms with Crippen LogP contribution in [0.2, 0.25) is 0 Å². The Morgan fingerprint density at radius 2 is 2.00 bits per heavy atom. The first kappa shape index (κ1) is 17.9. The van der Waals surface area contributed by atoms with Gasteiger partial charge in [-0.3, -0.25) is 4.79 Å². The summed E-state index contributed by atoms with van der Waals surface area (Å²) in [4.78, 5) is 17.1. The molecule has 4 heteroatoms. The van der Waals surface area contributed by atoms with Crippen LogP contribution in [0.1, 0.15) is 49.0 Å². The fourth-order valence-corrected chi connectivity index (χ4v) is 3.32. The number of hydrogen-bond acceptors (Lipinski definition) is 2. The minimum absolute atomic E-state index is 0.0161. The summed E-state index contributed by atoms with van der Waals surface area (Å²) in [5, 5.41) is 0. The summed E-state index contributed by atoms with van der Waals surface area (Å²) in [6, 6.07) is 4.81. The molecule has 1 aliphatic rings. The Hall–Kier alpha value is -1.42. The van der Waals surface area contributed by atoms with Crippen molar-refractivity contribution in [1.29, 1.82) is 0 Å². The maximum Gasteiger partial charge on any atom is 0.253 e. The predicted octanol–water partition coefficient (Wildman–Crippen LogP) is 3.72. The lowest BCUT2D eigenvalue weighted by molar-refractivity contribution is 0.0626. The van der Waals surface area contributed by atoms with Gasteiger partial charge in [0.2, 0.25) is 0 Å². The van der Waals surface area contributed by atoms with Crippen LogP contribution in [0.3, 0.4) is 0 Å². The molecule has 2 unspecified atom stereocenters. The Labute approximate surface area is 139 Å². The van der Waals surface area contributed by atoms with Crippen LogP contribution in [0.5, 0.6) is 0 Å². The molecule has 1 aliphatic heterocycles. The molecule has 1 fully saturated rings. The van der Waals surface area contributed by atoms with Gasteiger partial charge in [-0.25, -0.2) is 4.39 Å². The van der Waals surface area contributed by atoms with E-state index in [1.807, 2.05) is 11.9 Å². The standard InChI is InChI=1S/C19H29FN2O/c1-5-14(2)18(13-22-10-6-7-11-22)21(4)19(23)16-8-9-17(20)15(3)12-16/h8-9,12,14,18H,5-7,10-11,13H2,1-4H3. The van der Waals surface area contributed by atoms with Crippen LogP contribution in [0.25, 0.3) is 0 Å². The summed E-state index contributed by atoms with van der Waals surface area (Å²) in [5.41, 5.74) is 1.09. The highest BCUT2D eigenvalue weighted by Crippen LogP contribution is 2.20. The molecule has 23 heavy (non-hydrogen) atoms. The first-order chi connectivity index (χ1) is 10.9. The van der Waals surface area contributed by atoms with E-state index in [1.54, 1.807) is 19.1 Å². The Morgan fingerprint density at radius 1 is 1.35 bits per heavy atom. The lowest BCUT2D eigenvalue weighted by Crippen LogP contribution is -2.47. The second-order valence-corrected chi connectivity index (χ2v) is 6.84. The lowest BCUT2D eigenvalue weighted by atomic mass is 9.96. The third kappa shape index (κ3) is 4.31. The van der Waals surface area contributed by atoms with E-state index in [1.165, 1.54) is 18.9 Å². The maximum absolute atomic E-state index is 13.4. The number of carbonyl (C=O) groups excluding carboxylic acids is 1. The average Bonchev–Trinajstić information content (AvgIpc) is 3.06. The summed E-state index contributed by atoms with van der Waals surface area (Å²) in [7, 11) is 1.88. The number of amides is 1. The second kappa shape index (κ2) is 7.91. The molecule has 1 heterocycles. The molecule has 0 saturated carbocycles. The SMILES string of the molecule is CCC(C)C(CN1CCCC1)N(C)C(=O)c1ccc(F)c(C)c1. The number of likely N-dealkylation sites (tertiary alicyclic amines) is 1. The van der Waals surface area contributed by atoms with E-state index >= 15 is 0 Å². The van der Waals surface area contributed by atoms with E-state index in [0.29, 0.717) is 17.0 Å². The first-order valence-corrected chi connectivity index (χ1v) is 8.69. The largest absolute Gasteiger partial charge is 0.337 e. The molecule has 0 aliphatic carbocycles. The smallest absolute Gasteiger partial charge is 0.253 e. The van der Waals surface area contributed by atoms with Crippen LogP contribution in [0.15, 0.2) is 18.2 Å². The van der Waals surface area contributed by atoms with Gasteiger partial charge in [0.25, 0.3) is 5.91 Å². The first-order valence-electron chi connectivity index (χ1n) is 8.69. The number of carbonyl (C=O) groups is 1. The van der Waals surface area contributed by atoms with Gasteiger partial charge in [0, 0.05) is 25.2 Å². The highest BCUT2D eigenvalue weighted by Gasteiger charge is 2.28. The number of nitrogens with zero attached hydrogens (tertiary/aromatic N) is 2. The number of benzene rings is 1. The van der Waals surface area contributed by atoms with Crippen LogP contribution in [0.4, 0.5) is 4.39 Å². The molecule has 0 spiro atoms. The topological polar surface area (TPSA) is 23.6 Å². The molecule has 0 bridgehead atoms. The van der Waals surface area contributed by atoms with Gasteiger partial charge in [0.15, 0.2) is 0 Å². The zero-order valence-corrected chi connectivity index (χ0v) is 14.8. The van der Waals surface area contributed by atoms with Crippen molar-refractivity contribution in [1.82, 2.24) is 9.80 Å². The van der Waals surface area contributed by atoms with E-state index in [9.17, 15) is 9.18 Å². The Bertz CT molecular complexity index is 540. The van der Waals surface area contributed by atoms with E-state index in [-0.39, 0.29) is 17.8 Å². The summed E-state index contributed by atoms with van der Waals surface area (Å²) >= 11 is 0. The molecule has 1 saturated heterocycles.